The average molecular weight is 156 g/mol. The summed E-state index contributed by atoms with van der Waals surface area (Å²) in [4.78, 5) is 21.0. The predicted molar refractivity (Wildman–Crippen MR) is 39.0 cm³/mol. The summed E-state index contributed by atoms with van der Waals surface area (Å²) in [7, 11) is 0. The van der Waals surface area contributed by atoms with Crippen LogP contribution in [0.25, 0.3) is 0 Å². The highest BCUT2D eigenvalue weighted by atomic mass is 16.5. The lowest BCUT2D eigenvalue weighted by molar-refractivity contribution is -0.155. The van der Waals surface area contributed by atoms with Crippen LogP contribution in [0, 0.1) is 5.92 Å². The third-order valence-electron chi connectivity index (χ3n) is 1.88. The molecule has 0 aliphatic carbocycles. The van der Waals surface area contributed by atoms with Crippen molar-refractivity contribution in [2.24, 2.45) is 5.92 Å². The molecule has 3 nitrogen and oxygen atoms in total. The Hall–Kier alpha value is -0.860. The van der Waals surface area contributed by atoms with Crippen LogP contribution in [0.3, 0.4) is 0 Å². The van der Waals surface area contributed by atoms with Crippen molar-refractivity contribution in [2.45, 2.75) is 32.3 Å². The van der Waals surface area contributed by atoms with E-state index in [4.69, 9.17) is 4.74 Å². The second-order valence-corrected chi connectivity index (χ2v) is 3.01. The average Bonchev–Trinajstić information content (AvgIpc) is 1.85. The summed E-state index contributed by atoms with van der Waals surface area (Å²) in [6.45, 7) is 1.86. The molecule has 2 atom stereocenters. The number of cyclic esters (lactones) is 1. The van der Waals surface area contributed by atoms with Crippen LogP contribution in [-0.4, -0.2) is 18.4 Å². The van der Waals surface area contributed by atoms with Crippen LogP contribution in [0.1, 0.15) is 26.2 Å². The van der Waals surface area contributed by atoms with Crippen LogP contribution in [0.2, 0.25) is 0 Å². The van der Waals surface area contributed by atoms with E-state index in [1.165, 1.54) is 0 Å². The normalized spacial score (nSPS) is 31.2. The van der Waals surface area contributed by atoms with Gasteiger partial charge in [0.1, 0.15) is 6.29 Å². The molecule has 0 saturated carbocycles. The van der Waals surface area contributed by atoms with Gasteiger partial charge in [0.15, 0.2) is 0 Å². The van der Waals surface area contributed by atoms with Crippen LogP contribution in [0.5, 0.6) is 0 Å². The van der Waals surface area contributed by atoms with Crippen LogP contribution >= 0.6 is 0 Å². The summed E-state index contributed by atoms with van der Waals surface area (Å²) in [5.74, 6) is 0.0411. The van der Waals surface area contributed by atoms with Crippen molar-refractivity contribution in [3.05, 3.63) is 0 Å². The maximum absolute atomic E-state index is 10.8. The van der Waals surface area contributed by atoms with E-state index >= 15 is 0 Å². The highest BCUT2D eigenvalue weighted by Gasteiger charge is 2.24. The summed E-state index contributed by atoms with van der Waals surface area (Å²) in [5.41, 5.74) is 0. The minimum atomic E-state index is -0.171. The topological polar surface area (TPSA) is 43.4 Å². The summed E-state index contributed by atoms with van der Waals surface area (Å²) in [6, 6.07) is 0. The first-order chi connectivity index (χ1) is 5.22. The predicted octanol–water partition coefficient (Wildman–Crippen LogP) is 0.917. The first-order valence-corrected chi connectivity index (χ1v) is 3.85. The highest BCUT2D eigenvalue weighted by Crippen LogP contribution is 2.22. The zero-order valence-corrected chi connectivity index (χ0v) is 6.58. The van der Waals surface area contributed by atoms with Crippen molar-refractivity contribution in [2.75, 3.05) is 0 Å². The number of rotatable bonds is 2. The fourth-order valence-corrected chi connectivity index (χ4v) is 1.42. The van der Waals surface area contributed by atoms with Crippen LogP contribution in [-0.2, 0) is 14.3 Å². The lowest BCUT2D eigenvalue weighted by Gasteiger charge is -2.24. The fraction of sp³-hybridized carbons (Fsp3) is 0.750. The molecule has 0 N–H and O–H groups in total. The largest absolute Gasteiger partial charge is 0.463 e. The Morgan fingerprint density at radius 3 is 3.00 bits per heavy atom. The van der Waals surface area contributed by atoms with Gasteiger partial charge < -0.3 is 9.53 Å². The Bertz CT molecular complexity index is 165. The zero-order chi connectivity index (χ0) is 8.27. The third kappa shape index (κ3) is 2.33. The quantitative estimate of drug-likeness (QED) is 0.441. The fourth-order valence-electron chi connectivity index (χ4n) is 1.42. The third-order valence-corrected chi connectivity index (χ3v) is 1.88. The Kier molecular flexibility index (Phi) is 2.63. The standard InChI is InChI=1S/C8H12O3/c1-6-4-7(2-3-9)5-8(10)11-6/h3,6-7H,2,4-5H2,1H3. The molecule has 0 spiro atoms. The summed E-state index contributed by atoms with van der Waals surface area (Å²) in [6.07, 6.45) is 2.57. The van der Waals surface area contributed by atoms with Crippen molar-refractivity contribution in [3.8, 4) is 0 Å². The van der Waals surface area contributed by atoms with E-state index in [0.717, 1.165) is 12.7 Å². The molecule has 1 fully saturated rings. The monoisotopic (exact) mass is 156 g/mol. The van der Waals surface area contributed by atoms with Gasteiger partial charge in [-0.25, -0.2) is 0 Å². The lowest BCUT2D eigenvalue weighted by Crippen LogP contribution is -2.27. The van der Waals surface area contributed by atoms with Gasteiger partial charge in [-0.15, -0.1) is 0 Å². The molecule has 1 rings (SSSR count). The minimum Gasteiger partial charge on any atom is -0.463 e. The van der Waals surface area contributed by atoms with E-state index in [-0.39, 0.29) is 18.0 Å². The van der Waals surface area contributed by atoms with Crippen LogP contribution < -0.4 is 0 Å². The second-order valence-electron chi connectivity index (χ2n) is 3.01. The maximum atomic E-state index is 10.8. The van der Waals surface area contributed by atoms with Crippen molar-refractivity contribution >= 4 is 12.3 Å². The molecule has 0 aromatic rings. The SMILES string of the molecule is CC1CC(CC=O)CC(=O)O1. The number of carbonyl (C=O) groups excluding carboxylic acids is 2. The van der Waals surface area contributed by atoms with Gasteiger partial charge in [-0.3, -0.25) is 4.79 Å². The van der Waals surface area contributed by atoms with E-state index < -0.39 is 0 Å². The molecule has 0 radical (unpaired) electrons. The molecule has 2 unspecified atom stereocenters. The number of carbonyl (C=O) groups is 2. The van der Waals surface area contributed by atoms with Crippen molar-refractivity contribution < 1.29 is 14.3 Å². The van der Waals surface area contributed by atoms with Gasteiger partial charge in [0.2, 0.25) is 0 Å². The minimum absolute atomic E-state index is 0.0128. The first-order valence-electron chi connectivity index (χ1n) is 3.85. The first kappa shape index (κ1) is 8.24. The molecule has 0 aromatic heterocycles. The zero-order valence-electron chi connectivity index (χ0n) is 6.58. The van der Waals surface area contributed by atoms with E-state index in [1.807, 2.05) is 6.92 Å². The Morgan fingerprint density at radius 1 is 1.73 bits per heavy atom. The number of ether oxygens (including phenoxy) is 1. The molecule has 1 aliphatic rings. The molecule has 62 valence electrons. The molecule has 1 heterocycles. The summed E-state index contributed by atoms with van der Waals surface area (Å²) in [5, 5.41) is 0. The van der Waals surface area contributed by atoms with Crippen molar-refractivity contribution in [1.82, 2.24) is 0 Å². The molecule has 0 bridgehead atoms. The molecule has 1 saturated heterocycles. The Labute approximate surface area is 65.7 Å². The summed E-state index contributed by atoms with van der Waals surface area (Å²) < 4.78 is 4.91. The Balaban J connectivity index is 2.42. The van der Waals surface area contributed by atoms with Gasteiger partial charge in [-0.1, -0.05) is 0 Å². The van der Waals surface area contributed by atoms with E-state index in [9.17, 15) is 9.59 Å². The molecule has 0 amide bonds. The highest BCUT2D eigenvalue weighted by molar-refractivity contribution is 5.71. The number of hydrogen-bond acceptors (Lipinski definition) is 3. The molecule has 1 aliphatic heterocycles. The van der Waals surface area contributed by atoms with Crippen molar-refractivity contribution in [1.29, 1.82) is 0 Å². The van der Waals surface area contributed by atoms with Gasteiger partial charge in [0.05, 0.1) is 6.10 Å². The summed E-state index contributed by atoms with van der Waals surface area (Å²) >= 11 is 0. The van der Waals surface area contributed by atoms with Crippen molar-refractivity contribution in [3.63, 3.8) is 0 Å². The molecule has 11 heavy (non-hydrogen) atoms. The van der Waals surface area contributed by atoms with E-state index in [2.05, 4.69) is 0 Å². The van der Waals surface area contributed by atoms with Crippen LogP contribution in [0.4, 0.5) is 0 Å². The number of aldehydes is 1. The van der Waals surface area contributed by atoms with Gasteiger partial charge >= 0.3 is 5.97 Å². The van der Waals surface area contributed by atoms with Gasteiger partial charge in [-0.05, 0) is 19.3 Å². The number of esters is 1. The Morgan fingerprint density at radius 2 is 2.45 bits per heavy atom. The molecule has 3 heteroatoms. The number of hydrogen-bond donors (Lipinski definition) is 0. The van der Waals surface area contributed by atoms with Crippen LogP contribution in [0.15, 0.2) is 0 Å². The smallest absolute Gasteiger partial charge is 0.306 e. The molecular weight excluding hydrogens is 144 g/mol. The van der Waals surface area contributed by atoms with Gasteiger partial charge in [0.25, 0.3) is 0 Å². The van der Waals surface area contributed by atoms with E-state index in [1.54, 1.807) is 0 Å². The van der Waals surface area contributed by atoms with Gasteiger partial charge in [-0.2, -0.15) is 0 Å². The maximum Gasteiger partial charge on any atom is 0.306 e. The van der Waals surface area contributed by atoms with Gasteiger partial charge in [0, 0.05) is 12.8 Å². The second kappa shape index (κ2) is 3.51. The molecular formula is C8H12O3. The lowest BCUT2D eigenvalue weighted by atomic mass is 9.93. The molecule has 0 aromatic carbocycles. The van der Waals surface area contributed by atoms with E-state index in [0.29, 0.717) is 12.8 Å².